The van der Waals surface area contributed by atoms with Crippen molar-refractivity contribution in [3.8, 4) is 5.75 Å². The molecule has 1 aliphatic heterocycles. The Morgan fingerprint density at radius 1 is 1.09 bits per heavy atom. The second-order valence-electron chi connectivity index (χ2n) is 7.90. The van der Waals surface area contributed by atoms with Gasteiger partial charge in [-0.15, -0.1) is 0 Å². The number of fused-ring (bicyclic) bond motifs is 1. The summed E-state index contributed by atoms with van der Waals surface area (Å²) in [6, 6.07) is 15.0. The number of aryl methyl sites for hydroxylation is 1. The summed E-state index contributed by atoms with van der Waals surface area (Å²) in [5.74, 6) is -2.04. The molecule has 3 aromatic carbocycles. The lowest BCUT2D eigenvalue weighted by atomic mass is 10.2. The lowest BCUT2D eigenvalue weighted by molar-refractivity contribution is -0.119. The first-order valence-electron chi connectivity index (χ1n) is 10.7. The molecule has 35 heavy (non-hydrogen) atoms. The molecule has 0 radical (unpaired) electrons. The van der Waals surface area contributed by atoms with Gasteiger partial charge in [0, 0.05) is 12.2 Å². The van der Waals surface area contributed by atoms with Gasteiger partial charge in [-0.05, 0) is 60.9 Å². The molecule has 0 spiro atoms. The third kappa shape index (κ3) is 4.97. The minimum atomic E-state index is -3.96. The summed E-state index contributed by atoms with van der Waals surface area (Å²) < 4.78 is 51.7. The zero-order valence-electron chi connectivity index (χ0n) is 19.1. The summed E-state index contributed by atoms with van der Waals surface area (Å²) in [6.45, 7) is 1.32. The van der Waals surface area contributed by atoms with Crippen LogP contribution in [0.15, 0.2) is 65.6 Å². The number of halogens is 1. The van der Waals surface area contributed by atoms with E-state index in [1.54, 1.807) is 19.1 Å². The highest BCUT2D eigenvalue weighted by atomic mass is 32.2. The average molecular weight is 499 g/mol. The molecule has 1 heterocycles. The van der Waals surface area contributed by atoms with E-state index in [9.17, 15) is 22.4 Å². The number of hydrogen-bond donors (Lipinski definition) is 1. The largest absolute Gasteiger partial charge is 0.496 e. The van der Waals surface area contributed by atoms with Crippen LogP contribution in [-0.4, -0.2) is 40.6 Å². The van der Waals surface area contributed by atoms with E-state index in [-0.39, 0.29) is 28.4 Å². The summed E-state index contributed by atoms with van der Waals surface area (Å²) in [5.41, 5.74) is 2.26. The molecule has 1 amide bonds. The van der Waals surface area contributed by atoms with Gasteiger partial charge in [-0.25, -0.2) is 17.6 Å². The van der Waals surface area contributed by atoms with E-state index >= 15 is 0 Å². The van der Waals surface area contributed by atoms with Crippen molar-refractivity contribution in [2.24, 2.45) is 0 Å². The molecule has 0 saturated heterocycles. The number of ether oxygens (including phenoxy) is 2. The molecule has 0 bridgehead atoms. The molecule has 3 aromatic rings. The minimum absolute atomic E-state index is 0.0946. The first-order valence-corrected chi connectivity index (χ1v) is 12.2. The fourth-order valence-corrected chi connectivity index (χ4v) is 5.35. The van der Waals surface area contributed by atoms with Crippen LogP contribution >= 0.6 is 0 Å². The van der Waals surface area contributed by atoms with Crippen molar-refractivity contribution < 1.29 is 31.9 Å². The van der Waals surface area contributed by atoms with Crippen LogP contribution in [0.4, 0.5) is 15.8 Å². The molecule has 0 aromatic heterocycles. The molecule has 182 valence electrons. The monoisotopic (exact) mass is 498 g/mol. The van der Waals surface area contributed by atoms with Crippen LogP contribution in [0, 0.1) is 12.7 Å². The number of carbonyl (C=O) groups excluding carboxylic acids is 2. The third-order valence-electron chi connectivity index (χ3n) is 5.63. The maximum absolute atomic E-state index is 13.4. The number of rotatable bonds is 7. The van der Waals surface area contributed by atoms with Crippen molar-refractivity contribution in [3.05, 3.63) is 83.2 Å². The van der Waals surface area contributed by atoms with Gasteiger partial charge in [-0.1, -0.05) is 24.3 Å². The van der Waals surface area contributed by atoms with E-state index in [4.69, 9.17) is 9.47 Å². The van der Waals surface area contributed by atoms with Crippen molar-refractivity contribution in [2.75, 3.05) is 29.9 Å². The Bertz CT molecular complexity index is 1410. The number of amides is 1. The number of hydrogen-bond acceptors (Lipinski definition) is 6. The second kappa shape index (κ2) is 9.75. The number of nitrogens with zero attached hydrogens (tertiary/aromatic N) is 1. The Kier molecular flexibility index (Phi) is 6.74. The van der Waals surface area contributed by atoms with Crippen LogP contribution in [-0.2, 0) is 26.0 Å². The predicted molar refractivity (Wildman–Crippen MR) is 128 cm³/mol. The quantitative estimate of drug-likeness (QED) is 0.499. The summed E-state index contributed by atoms with van der Waals surface area (Å²) in [6.07, 6.45) is 0.584. The second-order valence-corrected chi connectivity index (χ2v) is 9.76. The topological polar surface area (TPSA) is 102 Å². The molecule has 1 aliphatic rings. The van der Waals surface area contributed by atoms with Crippen LogP contribution in [0.5, 0.6) is 5.75 Å². The molecule has 0 aliphatic carbocycles. The highest BCUT2D eigenvalue weighted by Gasteiger charge is 2.32. The summed E-state index contributed by atoms with van der Waals surface area (Å²) in [4.78, 5) is 24.9. The van der Waals surface area contributed by atoms with Gasteiger partial charge in [0.25, 0.3) is 15.9 Å². The molecule has 10 heteroatoms. The Morgan fingerprint density at radius 2 is 1.86 bits per heavy atom. The van der Waals surface area contributed by atoms with E-state index in [2.05, 4.69) is 5.32 Å². The molecule has 0 atom stereocenters. The molecular formula is C25H23FN2O6S. The summed E-state index contributed by atoms with van der Waals surface area (Å²) >= 11 is 0. The molecule has 0 unspecified atom stereocenters. The van der Waals surface area contributed by atoms with E-state index in [1.807, 2.05) is 12.1 Å². The van der Waals surface area contributed by atoms with Gasteiger partial charge in [-0.2, -0.15) is 0 Å². The van der Waals surface area contributed by atoms with Crippen molar-refractivity contribution in [1.29, 1.82) is 0 Å². The Balaban J connectivity index is 1.52. The Morgan fingerprint density at radius 3 is 2.63 bits per heavy atom. The molecule has 0 saturated carbocycles. The lowest BCUT2D eigenvalue weighted by Crippen LogP contribution is -2.29. The fraction of sp³-hybridized carbons (Fsp3) is 0.200. The van der Waals surface area contributed by atoms with Crippen LogP contribution in [0.2, 0.25) is 0 Å². The number of methoxy groups -OCH3 is 1. The van der Waals surface area contributed by atoms with E-state index in [0.717, 1.165) is 11.6 Å². The standard InChI is InChI=1S/C25H23FN2O6S/c1-16-7-8-18(26)13-21(16)27-24(29)15-34-25(30)20-14-19(9-10-23(20)33-2)35(31,32)28-12-11-17-5-3-4-6-22(17)28/h3-10,13-14H,11-12,15H2,1-2H3,(H,27,29). The lowest BCUT2D eigenvalue weighted by Gasteiger charge is -2.20. The number of anilines is 2. The highest BCUT2D eigenvalue weighted by Crippen LogP contribution is 2.34. The van der Waals surface area contributed by atoms with Crippen molar-refractivity contribution >= 4 is 33.3 Å². The Hall–Kier alpha value is -3.92. The maximum atomic E-state index is 13.4. The SMILES string of the molecule is COc1ccc(S(=O)(=O)N2CCc3ccccc32)cc1C(=O)OCC(=O)Nc1cc(F)ccc1C. The molecular weight excluding hydrogens is 475 g/mol. The van der Waals surface area contributed by atoms with E-state index in [1.165, 1.54) is 41.7 Å². The van der Waals surface area contributed by atoms with Crippen LogP contribution < -0.4 is 14.4 Å². The highest BCUT2D eigenvalue weighted by molar-refractivity contribution is 7.92. The average Bonchev–Trinajstić information content (AvgIpc) is 3.29. The van der Waals surface area contributed by atoms with Crippen LogP contribution in [0.1, 0.15) is 21.5 Å². The Labute approximate surface area is 202 Å². The van der Waals surface area contributed by atoms with Gasteiger partial charge in [0.2, 0.25) is 0 Å². The smallest absolute Gasteiger partial charge is 0.342 e. The predicted octanol–water partition coefficient (Wildman–Crippen LogP) is 3.69. The third-order valence-corrected chi connectivity index (χ3v) is 7.44. The molecule has 1 N–H and O–H groups in total. The minimum Gasteiger partial charge on any atom is -0.496 e. The first-order chi connectivity index (χ1) is 16.7. The van der Waals surface area contributed by atoms with Gasteiger partial charge < -0.3 is 14.8 Å². The number of esters is 1. The van der Waals surface area contributed by atoms with Crippen molar-refractivity contribution in [1.82, 2.24) is 0 Å². The normalized spacial score (nSPS) is 12.7. The van der Waals surface area contributed by atoms with Gasteiger partial charge in [-0.3, -0.25) is 9.10 Å². The maximum Gasteiger partial charge on any atom is 0.342 e. The molecule has 4 rings (SSSR count). The number of carbonyl (C=O) groups is 2. The van der Waals surface area contributed by atoms with Gasteiger partial charge in [0.1, 0.15) is 17.1 Å². The summed E-state index contributed by atoms with van der Waals surface area (Å²) in [7, 11) is -2.63. The first kappa shape index (κ1) is 24.2. The zero-order chi connectivity index (χ0) is 25.2. The van der Waals surface area contributed by atoms with Gasteiger partial charge in [0.05, 0.1) is 17.7 Å². The fourth-order valence-electron chi connectivity index (χ4n) is 3.82. The number of nitrogens with one attached hydrogen (secondary N) is 1. The van der Waals surface area contributed by atoms with Crippen LogP contribution in [0.25, 0.3) is 0 Å². The zero-order valence-corrected chi connectivity index (χ0v) is 19.9. The van der Waals surface area contributed by atoms with Gasteiger partial charge >= 0.3 is 5.97 Å². The molecule has 8 nitrogen and oxygen atoms in total. The van der Waals surface area contributed by atoms with Gasteiger partial charge in [0.15, 0.2) is 6.61 Å². The number of para-hydroxylation sites is 1. The number of sulfonamides is 1. The summed E-state index contributed by atoms with van der Waals surface area (Å²) in [5, 5.41) is 2.48. The van der Waals surface area contributed by atoms with E-state index < -0.39 is 34.3 Å². The number of benzene rings is 3. The molecule has 0 fully saturated rings. The van der Waals surface area contributed by atoms with Crippen molar-refractivity contribution in [2.45, 2.75) is 18.2 Å². The van der Waals surface area contributed by atoms with Crippen LogP contribution in [0.3, 0.4) is 0 Å². The van der Waals surface area contributed by atoms with Crippen molar-refractivity contribution in [3.63, 3.8) is 0 Å². The van der Waals surface area contributed by atoms with E-state index in [0.29, 0.717) is 17.7 Å².